The van der Waals surface area contributed by atoms with E-state index in [2.05, 4.69) is 4.98 Å². The highest BCUT2D eigenvalue weighted by molar-refractivity contribution is 5.96. The number of ether oxygens (including phenoxy) is 2. The summed E-state index contributed by atoms with van der Waals surface area (Å²) in [7, 11) is 3.30. The van der Waals surface area contributed by atoms with Crippen LogP contribution in [0.3, 0.4) is 0 Å². The first-order valence-electron chi connectivity index (χ1n) is 8.14. The summed E-state index contributed by atoms with van der Waals surface area (Å²) in [6.07, 6.45) is 3.74. The summed E-state index contributed by atoms with van der Waals surface area (Å²) in [6.45, 7) is 1.36. The van der Waals surface area contributed by atoms with Crippen LogP contribution in [0.4, 0.5) is 0 Å². The number of rotatable bonds is 5. The van der Waals surface area contributed by atoms with Gasteiger partial charge in [0.1, 0.15) is 11.4 Å². The molecule has 1 unspecified atom stereocenters. The van der Waals surface area contributed by atoms with E-state index in [0.717, 1.165) is 30.6 Å². The normalized spacial score (nSPS) is 17.1. The molecule has 0 spiro atoms. The van der Waals surface area contributed by atoms with Crippen molar-refractivity contribution in [2.24, 2.45) is 0 Å². The summed E-state index contributed by atoms with van der Waals surface area (Å²) in [5.74, 6) is 0.742. The maximum atomic E-state index is 12.9. The van der Waals surface area contributed by atoms with E-state index in [-0.39, 0.29) is 11.9 Å². The molecule has 1 amide bonds. The molecule has 0 radical (unpaired) electrons. The van der Waals surface area contributed by atoms with E-state index >= 15 is 0 Å². The average Bonchev–Trinajstić information content (AvgIpc) is 3.09. The Morgan fingerprint density at radius 2 is 2.17 bits per heavy atom. The molecular weight excluding hydrogens is 304 g/mol. The minimum atomic E-state index is 0.0475. The van der Waals surface area contributed by atoms with Crippen molar-refractivity contribution in [3.8, 4) is 17.0 Å². The fraction of sp³-hybridized carbons (Fsp3) is 0.368. The molecule has 1 aromatic carbocycles. The first-order chi connectivity index (χ1) is 11.7. The van der Waals surface area contributed by atoms with E-state index in [1.54, 1.807) is 20.4 Å². The quantitative estimate of drug-likeness (QED) is 0.847. The lowest BCUT2D eigenvalue weighted by Crippen LogP contribution is -2.38. The molecule has 1 saturated heterocycles. The third-order valence-electron chi connectivity index (χ3n) is 4.37. The van der Waals surface area contributed by atoms with E-state index < -0.39 is 0 Å². The van der Waals surface area contributed by atoms with Gasteiger partial charge in [-0.3, -0.25) is 9.78 Å². The molecule has 0 bridgehead atoms. The van der Waals surface area contributed by atoms with Crippen LogP contribution in [-0.2, 0) is 4.74 Å². The Labute approximate surface area is 142 Å². The van der Waals surface area contributed by atoms with Gasteiger partial charge >= 0.3 is 0 Å². The highest BCUT2D eigenvalue weighted by atomic mass is 16.5. The lowest BCUT2D eigenvalue weighted by Gasteiger charge is -2.24. The molecule has 2 aromatic rings. The van der Waals surface area contributed by atoms with Crippen molar-refractivity contribution in [2.75, 3.05) is 27.4 Å². The van der Waals surface area contributed by atoms with Gasteiger partial charge in [0, 0.05) is 31.0 Å². The molecule has 1 aromatic heterocycles. The van der Waals surface area contributed by atoms with E-state index in [0.29, 0.717) is 17.9 Å². The van der Waals surface area contributed by atoms with E-state index in [1.165, 1.54) is 0 Å². The minimum Gasteiger partial charge on any atom is -0.494 e. The van der Waals surface area contributed by atoms with Gasteiger partial charge in [-0.05, 0) is 37.1 Å². The molecule has 0 aliphatic carbocycles. The van der Waals surface area contributed by atoms with Crippen LogP contribution in [0, 0.1) is 0 Å². The number of pyridine rings is 1. The molecule has 2 heterocycles. The molecule has 3 rings (SSSR count). The third kappa shape index (κ3) is 3.26. The van der Waals surface area contributed by atoms with Crippen LogP contribution in [0.5, 0.6) is 5.75 Å². The molecule has 5 heteroatoms. The molecule has 126 valence electrons. The summed E-state index contributed by atoms with van der Waals surface area (Å²) in [5, 5.41) is 0. The number of likely N-dealkylation sites (tertiary alicyclic amines) is 1. The number of amides is 1. The van der Waals surface area contributed by atoms with Crippen molar-refractivity contribution in [2.45, 2.75) is 18.9 Å². The third-order valence-corrected chi connectivity index (χ3v) is 4.37. The Morgan fingerprint density at radius 3 is 2.96 bits per heavy atom. The van der Waals surface area contributed by atoms with Gasteiger partial charge in [0.2, 0.25) is 0 Å². The van der Waals surface area contributed by atoms with Gasteiger partial charge in [-0.2, -0.15) is 0 Å². The van der Waals surface area contributed by atoms with Gasteiger partial charge in [0.15, 0.2) is 0 Å². The summed E-state index contributed by atoms with van der Waals surface area (Å²) in [6, 6.07) is 11.4. The Balaban J connectivity index is 1.89. The van der Waals surface area contributed by atoms with Gasteiger partial charge < -0.3 is 14.4 Å². The van der Waals surface area contributed by atoms with Crippen LogP contribution in [-0.4, -0.2) is 49.2 Å². The van der Waals surface area contributed by atoms with Gasteiger partial charge in [0.05, 0.1) is 19.8 Å². The van der Waals surface area contributed by atoms with E-state index in [9.17, 15) is 4.79 Å². The number of methoxy groups -OCH3 is 2. The summed E-state index contributed by atoms with van der Waals surface area (Å²) in [5.41, 5.74) is 2.29. The second-order valence-corrected chi connectivity index (χ2v) is 5.89. The van der Waals surface area contributed by atoms with E-state index in [4.69, 9.17) is 9.47 Å². The van der Waals surface area contributed by atoms with Crippen LogP contribution in [0.25, 0.3) is 11.3 Å². The predicted octanol–water partition coefficient (Wildman–Crippen LogP) is 3.01. The number of hydrogen-bond donors (Lipinski definition) is 0. The van der Waals surface area contributed by atoms with Gasteiger partial charge in [0.25, 0.3) is 5.91 Å². The van der Waals surface area contributed by atoms with Crippen molar-refractivity contribution in [3.63, 3.8) is 0 Å². The molecule has 1 aliphatic heterocycles. The molecule has 1 aliphatic rings. The molecular formula is C19H22N2O3. The second kappa shape index (κ2) is 7.45. The Morgan fingerprint density at radius 1 is 1.29 bits per heavy atom. The van der Waals surface area contributed by atoms with E-state index in [1.807, 2.05) is 41.3 Å². The number of carbonyl (C=O) groups excluding carboxylic acids is 1. The van der Waals surface area contributed by atoms with Crippen LogP contribution in [0.2, 0.25) is 0 Å². The van der Waals surface area contributed by atoms with Gasteiger partial charge in [-0.15, -0.1) is 0 Å². The maximum absolute atomic E-state index is 12.9. The van der Waals surface area contributed by atoms with Crippen molar-refractivity contribution in [1.29, 1.82) is 0 Å². The number of aromatic nitrogens is 1. The lowest BCUT2D eigenvalue weighted by atomic mass is 10.1. The largest absolute Gasteiger partial charge is 0.494 e. The molecule has 0 saturated carbocycles. The van der Waals surface area contributed by atoms with Crippen LogP contribution >= 0.6 is 0 Å². The van der Waals surface area contributed by atoms with Crippen LogP contribution in [0.15, 0.2) is 42.6 Å². The Bertz CT molecular complexity index is 717. The first-order valence-corrected chi connectivity index (χ1v) is 8.14. The van der Waals surface area contributed by atoms with Crippen molar-refractivity contribution in [1.82, 2.24) is 9.88 Å². The molecule has 1 atom stereocenters. The zero-order valence-corrected chi connectivity index (χ0v) is 14.1. The summed E-state index contributed by atoms with van der Waals surface area (Å²) >= 11 is 0. The smallest absolute Gasteiger partial charge is 0.254 e. The predicted molar refractivity (Wildman–Crippen MR) is 92.2 cm³/mol. The van der Waals surface area contributed by atoms with Crippen molar-refractivity contribution in [3.05, 3.63) is 48.2 Å². The first kappa shape index (κ1) is 16.5. The van der Waals surface area contributed by atoms with Crippen LogP contribution in [0.1, 0.15) is 23.2 Å². The maximum Gasteiger partial charge on any atom is 0.254 e. The van der Waals surface area contributed by atoms with Gasteiger partial charge in [-0.25, -0.2) is 0 Å². The monoisotopic (exact) mass is 326 g/mol. The topological polar surface area (TPSA) is 51.7 Å². The highest BCUT2D eigenvalue weighted by Gasteiger charge is 2.29. The lowest BCUT2D eigenvalue weighted by molar-refractivity contribution is 0.0630. The zero-order valence-electron chi connectivity index (χ0n) is 14.1. The van der Waals surface area contributed by atoms with Crippen molar-refractivity contribution >= 4 is 5.91 Å². The minimum absolute atomic E-state index is 0.0475. The zero-order chi connectivity index (χ0) is 16.9. The fourth-order valence-corrected chi connectivity index (χ4v) is 3.21. The Kier molecular flexibility index (Phi) is 5.11. The fourth-order valence-electron chi connectivity index (χ4n) is 3.21. The molecule has 24 heavy (non-hydrogen) atoms. The SMILES string of the molecule is COCC1CCCN1C(=O)c1cccc(-c2ncccc2OC)c1. The van der Waals surface area contributed by atoms with Crippen LogP contribution < -0.4 is 4.74 Å². The summed E-state index contributed by atoms with van der Waals surface area (Å²) in [4.78, 5) is 19.2. The average molecular weight is 326 g/mol. The standard InChI is InChI=1S/C19H22N2O3/c1-23-13-16-8-5-11-21(16)19(22)15-7-3-6-14(12-15)18-17(24-2)9-4-10-20-18/h3-4,6-7,9-10,12,16H,5,8,11,13H2,1-2H3. The molecule has 1 fully saturated rings. The number of benzene rings is 1. The number of carbonyl (C=O) groups is 1. The number of nitrogens with zero attached hydrogens (tertiary/aromatic N) is 2. The van der Waals surface area contributed by atoms with Gasteiger partial charge in [-0.1, -0.05) is 12.1 Å². The second-order valence-electron chi connectivity index (χ2n) is 5.89. The Hall–Kier alpha value is -2.40. The summed E-state index contributed by atoms with van der Waals surface area (Å²) < 4.78 is 10.6. The number of hydrogen-bond acceptors (Lipinski definition) is 4. The molecule has 5 nitrogen and oxygen atoms in total. The highest BCUT2D eigenvalue weighted by Crippen LogP contribution is 2.28. The molecule has 0 N–H and O–H groups in total. The van der Waals surface area contributed by atoms with Crippen molar-refractivity contribution < 1.29 is 14.3 Å².